The molecule has 0 saturated carbocycles. The summed E-state index contributed by atoms with van der Waals surface area (Å²) in [4.78, 5) is 0. The predicted octanol–water partition coefficient (Wildman–Crippen LogP) is 3.44. The normalized spacial score (nSPS) is 11.1. The van der Waals surface area contributed by atoms with Gasteiger partial charge in [-0.3, -0.25) is 0 Å². The minimum Gasteiger partial charge on any atom is -0.497 e. The number of aromatic nitrogens is 7. The van der Waals surface area contributed by atoms with Gasteiger partial charge in [0.2, 0.25) is 0 Å². The Bertz CT molecular complexity index is 844. The Hall–Kier alpha value is -2.42. The molecule has 0 saturated heterocycles. The van der Waals surface area contributed by atoms with Crippen LogP contribution >= 0.6 is 11.8 Å². The number of aryl methyl sites for hydroxylation is 1. The minimum absolute atomic E-state index is 0.667. The zero-order valence-electron chi connectivity index (χ0n) is 16.0. The van der Waals surface area contributed by atoms with Crippen molar-refractivity contribution in [2.75, 3.05) is 7.11 Å². The van der Waals surface area contributed by atoms with E-state index in [1.165, 1.54) is 0 Å². The van der Waals surface area contributed by atoms with Gasteiger partial charge in [0.05, 0.1) is 12.9 Å². The molecule has 0 fully saturated rings. The van der Waals surface area contributed by atoms with Crippen LogP contribution in [0, 0.1) is 0 Å². The first-order valence-electron chi connectivity index (χ1n) is 9.22. The van der Waals surface area contributed by atoms with E-state index in [2.05, 4.69) is 44.1 Å². The number of benzene rings is 1. The van der Waals surface area contributed by atoms with E-state index in [0.29, 0.717) is 5.75 Å². The number of nitrogens with zero attached hydrogens (tertiary/aromatic N) is 7. The highest BCUT2D eigenvalue weighted by Gasteiger charge is 2.16. The highest BCUT2D eigenvalue weighted by Crippen LogP contribution is 2.27. The van der Waals surface area contributed by atoms with Gasteiger partial charge in [-0.25, -0.2) is 4.68 Å². The summed E-state index contributed by atoms with van der Waals surface area (Å²) in [5, 5.41) is 21.7. The molecule has 0 aliphatic heterocycles. The monoisotopic (exact) mass is 387 g/mol. The molecule has 0 radical (unpaired) electrons. The molecule has 0 aliphatic carbocycles. The Balaban J connectivity index is 1.81. The third kappa shape index (κ3) is 4.65. The van der Waals surface area contributed by atoms with Crippen molar-refractivity contribution in [3.05, 3.63) is 30.1 Å². The summed E-state index contributed by atoms with van der Waals surface area (Å²) in [5.41, 5.74) is 1.03. The Morgan fingerprint density at radius 1 is 1.00 bits per heavy atom. The first-order valence-corrected chi connectivity index (χ1v) is 10.2. The van der Waals surface area contributed by atoms with Crippen LogP contribution in [0.3, 0.4) is 0 Å². The van der Waals surface area contributed by atoms with E-state index in [1.807, 2.05) is 28.9 Å². The van der Waals surface area contributed by atoms with Gasteiger partial charge < -0.3 is 9.30 Å². The third-order valence-electron chi connectivity index (χ3n) is 4.17. The van der Waals surface area contributed by atoms with Crippen molar-refractivity contribution in [2.45, 2.75) is 57.1 Å². The topological polar surface area (TPSA) is 83.5 Å². The van der Waals surface area contributed by atoms with Crippen molar-refractivity contribution in [1.29, 1.82) is 0 Å². The minimum atomic E-state index is 0.667. The summed E-state index contributed by atoms with van der Waals surface area (Å²) in [7, 11) is 1.67. The van der Waals surface area contributed by atoms with Crippen LogP contribution in [0.4, 0.5) is 0 Å². The molecule has 0 amide bonds. The summed E-state index contributed by atoms with van der Waals surface area (Å²) >= 11 is 1.62. The number of hydrogen-bond donors (Lipinski definition) is 0. The van der Waals surface area contributed by atoms with Crippen LogP contribution in [-0.2, 0) is 18.8 Å². The number of tetrazole rings is 1. The molecule has 3 rings (SSSR count). The molecule has 144 valence electrons. The molecule has 2 heterocycles. The van der Waals surface area contributed by atoms with Gasteiger partial charge in [-0.05, 0) is 47.5 Å². The lowest BCUT2D eigenvalue weighted by Crippen LogP contribution is -2.06. The molecular weight excluding hydrogens is 362 g/mol. The lowest BCUT2D eigenvalue weighted by Gasteiger charge is -2.10. The van der Waals surface area contributed by atoms with Crippen molar-refractivity contribution >= 4 is 11.8 Å². The van der Waals surface area contributed by atoms with Gasteiger partial charge in [-0.1, -0.05) is 32.0 Å². The van der Waals surface area contributed by atoms with Crippen molar-refractivity contribution in [3.63, 3.8) is 0 Å². The predicted molar refractivity (Wildman–Crippen MR) is 105 cm³/mol. The van der Waals surface area contributed by atoms with Gasteiger partial charge in [0, 0.05) is 18.7 Å². The SMILES string of the molecule is CCCCn1c(SCc2nnnn2CCC)nnc1-c1ccc(OC)cc1. The van der Waals surface area contributed by atoms with E-state index in [1.54, 1.807) is 18.9 Å². The fourth-order valence-corrected chi connectivity index (χ4v) is 3.61. The van der Waals surface area contributed by atoms with Crippen LogP contribution < -0.4 is 4.74 Å². The molecule has 27 heavy (non-hydrogen) atoms. The summed E-state index contributed by atoms with van der Waals surface area (Å²) in [6, 6.07) is 7.92. The Kier molecular flexibility index (Phi) is 6.80. The van der Waals surface area contributed by atoms with Crippen molar-refractivity contribution < 1.29 is 4.74 Å². The fourth-order valence-electron chi connectivity index (χ4n) is 2.71. The van der Waals surface area contributed by atoms with Crippen molar-refractivity contribution in [3.8, 4) is 17.1 Å². The van der Waals surface area contributed by atoms with Gasteiger partial charge in [0.25, 0.3) is 0 Å². The second kappa shape index (κ2) is 9.50. The first kappa shape index (κ1) is 19.3. The van der Waals surface area contributed by atoms with Crippen LogP contribution in [0.1, 0.15) is 38.9 Å². The van der Waals surface area contributed by atoms with Crippen LogP contribution in [0.5, 0.6) is 5.75 Å². The standard InChI is InChI=1S/C18H25N7OS/c1-4-6-12-24-17(14-7-9-15(26-3)10-8-14)20-21-18(24)27-13-16-19-22-23-25(16)11-5-2/h7-10H,4-6,11-13H2,1-3H3. The maximum atomic E-state index is 5.25. The Morgan fingerprint density at radius 3 is 2.52 bits per heavy atom. The second-order valence-electron chi connectivity index (χ2n) is 6.15. The fraction of sp³-hybridized carbons (Fsp3) is 0.500. The van der Waals surface area contributed by atoms with Gasteiger partial charge >= 0.3 is 0 Å². The molecule has 0 bridgehead atoms. The molecule has 1 aromatic carbocycles. The summed E-state index contributed by atoms with van der Waals surface area (Å²) in [5.74, 6) is 3.23. The molecule has 0 N–H and O–H groups in total. The van der Waals surface area contributed by atoms with Crippen molar-refractivity contribution in [1.82, 2.24) is 35.0 Å². The molecule has 0 unspecified atom stereocenters. The lowest BCUT2D eigenvalue weighted by atomic mass is 10.2. The van der Waals surface area contributed by atoms with E-state index in [4.69, 9.17) is 4.74 Å². The largest absolute Gasteiger partial charge is 0.497 e. The summed E-state index contributed by atoms with van der Waals surface area (Å²) in [6.45, 7) is 6.00. The van der Waals surface area contributed by atoms with Crippen LogP contribution in [0.15, 0.2) is 29.4 Å². The Morgan fingerprint density at radius 2 is 1.81 bits per heavy atom. The Labute approximate surface area is 163 Å². The van der Waals surface area contributed by atoms with E-state index in [-0.39, 0.29) is 0 Å². The number of rotatable bonds is 10. The highest BCUT2D eigenvalue weighted by molar-refractivity contribution is 7.98. The molecule has 0 spiro atoms. The highest BCUT2D eigenvalue weighted by atomic mass is 32.2. The summed E-state index contributed by atoms with van der Waals surface area (Å²) < 4.78 is 9.28. The number of ether oxygens (including phenoxy) is 1. The van der Waals surface area contributed by atoms with Crippen LogP contribution in [0.25, 0.3) is 11.4 Å². The molecule has 0 aliphatic rings. The third-order valence-corrected chi connectivity index (χ3v) is 5.13. The zero-order chi connectivity index (χ0) is 19.1. The number of hydrogen-bond acceptors (Lipinski definition) is 7. The maximum Gasteiger partial charge on any atom is 0.191 e. The van der Waals surface area contributed by atoms with Gasteiger partial charge in [0.15, 0.2) is 16.8 Å². The van der Waals surface area contributed by atoms with Crippen LogP contribution in [0.2, 0.25) is 0 Å². The lowest BCUT2D eigenvalue weighted by molar-refractivity contribution is 0.415. The quantitative estimate of drug-likeness (QED) is 0.493. The average Bonchev–Trinajstić information content (AvgIpc) is 3.31. The summed E-state index contributed by atoms with van der Waals surface area (Å²) in [6.07, 6.45) is 3.18. The van der Waals surface area contributed by atoms with Crippen LogP contribution in [-0.4, -0.2) is 42.1 Å². The van der Waals surface area contributed by atoms with E-state index in [0.717, 1.165) is 60.5 Å². The smallest absolute Gasteiger partial charge is 0.191 e. The molecule has 9 heteroatoms. The van der Waals surface area contributed by atoms with E-state index < -0.39 is 0 Å². The molecular formula is C18H25N7OS. The number of unbranched alkanes of at least 4 members (excludes halogenated alkanes) is 1. The van der Waals surface area contributed by atoms with Gasteiger partial charge in [0.1, 0.15) is 5.75 Å². The number of methoxy groups -OCH3 is 1. The molecule has 3 aromatic rings. The first-order chi connectivity index (χ1) is 13.3. The average molecular weight is 388 g/mol. The molecule has 2 aromatic heterocycles. The van der Waals surface area contributed by atoms with E-state index >= 15 is 0 Å². The van der Waals surface area contributed by atoms with Gasteiger partial charge in [-0.2, -0.15) is 0 Å². The maximum absolute atomic E-state index is 5.25. The number of thioether (sulfide) groups is 1. The molecule has 8 nitrogen and oxygen atoms in total. The molecule has 0 atom stereocenters. The van der Waals surface area contributed by atoms with E-state index in [9.17, 15) is 0 Å². The second-order valence-corrected chi connectivity index (χ2v) is 7.09. The van der Waals surface area contributed by atoms with Gasteiger partial charge in [-0.15, -0.1) is 15.3 Å². The zero-order valence-corrected chi connectivity index (χ0v) is 16.8. The van der Waals surface area contributed by atoms with Crippen molar-refractivity contribution in [2.24, 2.45) is 0 Å².